The summed E-state index contributed by atoms with van der Waals surface area (Å²) in [7, 11) is 0. The molecule has 0 saturated heterocycles. The maximum absolute atomic E-state index is 10.6. The number of rotatable bonds is 18. The number of carboxylic acid groups (broad SMARTS) is 4. The minimum Gasteiger partial charge on any atom is -0.481 e. The van der Waals surface area contributed by atoms with Crippen molar-refractivity contribution in [1.29, 1.82) is 5.26 Å². The summed E-state index contributed by atoms with van der Waals surface area (Å²) < 4.78 is 0. The van der Waals surface area contributed by atoms with Gasteiger partial charge in [-0.05, 0) is 28.8 Å². The number of aliphatic carboxylic acids is 4. The molecule has 19 heteroatoms. The van der Waals surface area contributed by atoms with Crippen LogP contribution in [0.5, 0.6) is 0 Å². The SMILES string of the molecule is N#Cc1ccc(CSCC(=O)O)cc1.O=C(O)CSCc1cccc([N+](=O)[O-])c1.O=C(O)CSCc1ccccc1.O=C(O)CSCc1ccccc1[N+](=O)[O-]. The van der Waals surface area contributed by atoms with E-state index in [9.17, 15) is 39.4 Å². The standard InChI is InChI=1S/C10H9NO2S.2C9H9NO4S.C9H10O2S/c11-5-8-1-3-9(4-2-8)6-14-7-10(12)13;11-9(12)6-15-5-7-2-1-3-8(4-7)10(13)14;11-9(12)6-15-5-7-3-1-2-4-8(7)10(13)14;10-9(11)7-12-6-8-4-2-1-3-5-8/h1-4H,6-7H2,(H,12,13);2*1-4H,5-6H2,(H,11,12);1-5H,6-7H2,(H,10,11). The van der Waals surface area contributed by atoms with Crippen molar-refractivity contribution in [3.63, 3.8) is 0 Å². The topological polar surface area (TPSA) is 259 Å². The number of hydrogen-bond donors (Lipinski definition) is 4. The summed E-state index contributed by atoms with van der Waals surface area (Å²) in [6, 6.07) is 31.5. The first kappa shape index (κ1) is 48.5. The van der Waals surface area contributed by atoms with Crippen LogP contribution in [0.3, 0.4) is 0 Å². The van der Waals surface area contributed by atoms with Crippen molar-refractivity contribution in [3.8, 4) is 6.07 Å². The fourth-order valence-corrected chi connectivity index (χ4v) is 6.68. The molecule has 4 N–H and O–H groups in total. The molecular formula is C37H37N3O12S4. The van der Waals surface area contributed by atoms with Gasteiger partial charge in [0, 0.05) is 46.8 Å². The minimum atomic E-state index is -0.918. The third-order valence-corrected chi connectivity index (χ3v) is 10.1. The molecule has 0 aliphatic heterocycles. The number of nitro groups is 2. The smallest absolute Gasteiger partial charge is 0.313 e. The molecule has 4 aromatic rings. The zero-order valence-corrected chi connectivity index (χ0v) is 32.8. The highest BCUT2D eigenvalue weighted by molar-refractivity contribution is 7.99. The van der Waals surface area contributed by atoms with E-state index in [-0.39, 0.29) is 34.4 Å². The normalized spacial score (nSPS) is 9.70. The number of nitro benzene ring substituents is 2. The molecule has 0 aromatic heterocycles. The number of para-hydroxylation sites is 1. The molecule has 15 nitrogen and oxygen atoms in total. The van der Waals surface area contributed by atoms with Crippen molar-refractivity contribution in [1.82, 2.24) is 0 Å². The number of carbonyl (C=O) groups is 4. The average molecular weight is 844 g/mol. The van der Waals surface area contributed by atoms with E-state index in [1.807, 2.05) is 48.5 Å². The Labute approximate surface area is 338 Å². The fraction of sp³-hybridized carbons (Fsp3) is 0.216. The summed E-state index contributed by atoms with van der Waals surface area (Å²) >= 11 is 5.12. The van der Waals surface area contributed by atoms with Gasteiger partial charge in [0.2, 0.25) is 0 Å². The summed E-state index contributed by atoms with van der Waals surface area (Å²) in [5.74, 6) is -0.879. The van der Waals surface area contributed by atoms with Crippen LogP contribution in [0.25, 0.3) is 0 Å². The van der Waals surface area contributed by atoms with Crippen molar-refractivity contribution in [2.75, 3.05) is 23.0 Å². The zero-order chi connectivity index (χ0) is 41.7. The molecule has 0 spiro atoms. The number of nitriles is 1. The van der Waals surface area contributed by atoms with Gasteiger partial charge in [0.15, 0.2) is 0 Å². The Morgan fingerprint density at radius 1 is 0.536 bits per heavy atom. The molecule has 0 heterocycles. The van der Waals surface area contributed by atoms with E-state index >= 15 is 0 Å². The third-order valence-electron chi connectivity index (χ3n) is 6.20. The predicted molar refractivity (Wildman–Crippen MR) is 219 cm³/mol. The Hall–Kier alpha value is -5.55. The highest BCUT2D eigenvalue weighted by Crippen LogP contribution is 2.22. The minimum absolute atomic E-state index is 0.00267. The lowest BCUT2D eigenvalue weighted by molar-refractivity contribution is -0.385. The van der Waals surface area contributed by atoms with Crippen LogP contribution in [-0.2, 0) is 42.2 Å². The lowest BCUT2D eigenvalue weighted by atomic mass is 10.2. The maximum atomic E-state index is 10.6. The summed E-state index contributed by atoms with van der Waals surface area (Å²) in [6.45, 7) is 0. The molecule has 4 aromatic carbocycles. The molecule has 0 aliphatic rings. The van der Waals surface area contributed by atoms with Crippen molar-refractivity contribution < 1.29 is 49.5 Å². The van der Waals surface area contributed by atoms with E-state index in [0.717, 1.165) is 28.6 Å². The van der Waals surface area contributed by atoms with E-state index in [2.05, 4.69) is 0 Å². The first-order valence-electron chi connectivity index (χ1n) is 15.9. The van der Waals surface area contributed by atoms with Crippen LogP contribution in [0.1, 0.15) is 27.8 Å². The van der Waals surface area contributed by atoms with Gasteiger partial charge in [0.1, 0.15) is 0 Å². The molecular weight excluding hydrogens is 807 g/mol. The van der Waals surface area contributed by atoms with Crippen LogP contribution in [-0.4, -0.2) is 77.2 Å². The van der Waals surface area contributed by atoms with Crippen molar-refractivity contribution in [2.24, 2.45) is 0 Å². The summed E-state index contributed by atoms with van der Waals surface area (Å²) in [6.07, 6.45) is 0. The number of benzene rings is 4. The Morgan fingerprint density at radius 3 is 1.43 bits per heavy atom. The number of thioether (sulfide) groups is 4. The van der Waals surface area contributed by atoms with Crippen LogP contribution in [0, 0.1) is 31.6 Å². The molecule has 0 bridgehead atoms. The van der Waals surface area contributed by atoms with Gasteiger partial charge in [0.05, 0.1) is 44.5 Å². The molecule has 0 aliphatic carbocycles. The van der Waals surface area contributed by atoms with Crippen LogP contribution < -0.4 is 0 Å². The second-order valence-electron chi connectivity index (χ2n) is 10.7. The second kappa shape index (κ2) is 28.8. The fourth-order valence-electron chi connectivity index (χ4n) is 3.84. The number of carboxylic acids is 4. The van der Waals surface area contributed by atoms with Gasteiger partial charge < -0.3 is 20.4 Å². The summed E-state index contributed by atoms with van der Waals surface area (Å²) in [5, 5.41) is 63.2. The van der Waals surface area contributed by atoms with Crippen molar-refractivity contribution in [2.45, 2.75) is 23.0 Å². The number of non-ortho nitro benzene ring substituents is 1. The quantitative estimate of drug-likeness (QED) is 0.0552. The van der Waals surface area contributed by atoms with Gasteiger partial charge in [-0.25, -0.2) is 0 Å². The first-order chi connectivity index (χ1) is 26.7. The predicted octanol–water partition coefficient (Wildman–Crippen LogP) is 7.71. The molecule has 0 saturated carbocycles. The van der Waals surface area contributed by atoms with Crippen LogP contribution in [0.2, 0.25) is 0 Å². The Morgan fingerprint density at radius 2 is 0.964 bits per heavy atom. The molecule has 296 valence electrons. The first-order valence-corrected chi connectivity index (χ1v) is 20.5. The van der Waals surface area contributed by atoms with Gasteiger partial charge in [-0.1, -0.05) is 72.8 Å². The highest BCUT2D eigenvalue weighted by atomic mass is 32.2. The highest BCUT2D eigenvalue weighted by Gasteiger charge is 2.12. The van der Waals surface area contributed by atoms with E-state index in [1.165, 1.54) is 59.0 Å². The van der Waals surface area contributed by atoms with Gasteiger partial charge in [0.25, 0.3) is 11.4 Å². The van der Waals surface area contributed by atoms with Gasteiger partial charge in [-0.2, -0.15) is 5.26 Å². The Kier molecular flexibility index (Phi) is 25.0. The maximum Gasteiger partial charge on any atom is 0.313 e. The van der Waals surface area contributed by atoms with Crippen molar-refractivity contribution in [3.05, 3.63) is 151 Å². The molecule has 0 fully saturated rings. The molecule has 56 heavy (non-hydrogen) atoms. The Bertz CT molecular complexity index is 1910. The summed E-state index contributed by atoms with van der Waals surface area (Å²) in [4.78, 5) is 61.0. The van der Waals surface area contributed by atoms with Gasteiger partial charge in [-0.3, -0.25) is 39.4 Å². The molecule has 0 unspecified atom stereocenters. The van der Waals surface area contributed by atoms with Gasteiger partial charge >= 0.3 is 23.9 Å². The number of nitrogens with zero attached hydrogens (tertiary/aromatic N) is 3. The molecule has 4 rings (SSSR count). The van der Waals surface area contributed by atoms with Crippen LogP contribution in [0.4, 0.5) is 11.4 Å². The van der Waals surface area contributed by atoms with E-state index < -0.39 is 33.7 Å². The monoisotopic (exact) mass is 843 g/mol. The van der Waals surface area contributed by atoms with E-state index in [0.29, 0.717) is 28.4 Å². The lowest BCUT2D eigenvalue weighted by Gasteiger charge is -2.00. The molecule has 0 atom stereocenters. The van der Waals surface area contributed by atoms with Crippen molar-refractivity contribution >= 4 is 82.3 Å². The lowest BCUT2D eigenvalue weighted by Crippen LogP contribution is -1.99. The van der Waals surface area contributed by atoms with Gasteiger partial charge in [-0.15, -0.1) is 47.0 Å². The second-order valence-corrected chi connectivity index (χ2v) is 14.6. The zero-order valence-electron chi connectivity index (χ0n) is 29.5. The Balaban J connectivity index is 0.000000375. The van der Waals surface area contributed by atoms with Crippen LogP contribution >= 0.6 is 47.0 Å². The number of hydrogen-bond acceptors (Lipinski definition) is 13. The largest absolute Gasteiger partial charge is 0.481 e. The average Bonchev–Trinajstić information content (AvgIpc) is 3.16. The molecule has 0 amide bonds. The summed E-state index contributed by atoms with van der Waals surface area (Å²) in [5.41, 5.74) is 4.21. The van der Waals surface area contributed by atoms with E-state index in [1.54, 1.807) is 42.5 Å². The third kappa shape index (κ3) is 24.0. The molecule has 0 radical (unpaired) electrons. The van der Waals surface area contributed by atoms with E-state index in [4.69, 9.17) is 25.7 Å². The van der Waals surface area contributed by atoms with Crippen LogP contribution in [0.15, 0.2) is 103 Å².